The first-order valence-corrected chi connectivity index (χ1v) is 6.81. The summed E-state index contributed by atoms with van der Waals surface area (Å²) < 4.78 is 1.27. The van der Waals surface area contributed by atoms with Gasteiger partial charge in [0.15, 0.2) is 0 Å². The zero-order valence-corrected chi connectivity index (χ0v) is 9.83. The fourth-order valence-electron chi connectivity index (χ4n) is 3.51. The second kappa shape index (κ2) is 2.84. The lowest BCUT2D eigenvalue weighted by molar-refractivity contribution is 0.526. The highest BCUT2D eigenvalue weighted by atomic mass is 32.1. The Bertz CT molecular complexity index is 550. The predicted molar refractivity (Wildman–Crippen MR) is 66.3 cm³/mol. The van der Waals surface area contributed by atoms with Crippen molar-refractivity contribution in [3.8, 4) is 0 Å². The molecular weight excluding hydrogens is 216 g/mol. The van der Waals surface area contributed by atoms with Crippen molar-refractivity contribution in [3.63, 3.8) is 0 Å². The summed E-state index contributed by atoms with van der Waals surface area (Å²) >= 11 is 1.76. The van der Waals surface area contributed by atoms with Crippen molar-refractivity contribution in [1.82, 2.24) is 4.98 Å². The van der Waals surface area contributed by atoms with Crippen molar-refractivity contribution < 1.29 is 0 Å². The van der Waals surface area contributed by atoms with Gasteiger partial charge < -0.3 is 5.73 Å². The van der Waals surface area contributed by atoms with Crippen LogP contribution in [0.3, 0.4) is 0 Å². The van der Waals surface area contributed by atoms with Gasteiger partial charge in [0.05, 0.1) is 10.2 Å². The van der Waals surface area contributed by atoms with E-state index in [0.717, 1.165) is 17.4 Å². The molecule has 2 aliphatic rings. The molecule has 2 aliphatic carbocycles. The summed E-state index contributed by atoms with van der Waals surface area (Å²) in [7, 11) is 0. The molecule has 2 aromatic heterocycles. The van der Waals surface area contributed by atoms with E-state index in [2.05, 4.69) is 22.5 Å². The maximum atomic E-state index is 6.54. The number of aromatic nitrogens is 1. The Morgan fingerprint density at radius 1 is 1.38 bits per heavy atom. The number of thiophene rings is 1. The highest BCUT2D eigenvalue weighted by Crippen LogP contribution is 2.64. The van der Waals surface area contributed by atoms with Crippen molar-refractivity contribution >= 4 is 21.6 Å². The lowest BCUT2D eigenvalue weighted by Crippen LogP contribution is -2.25. The monoisotopic (exact) mass is 230 g/mol. The van der Waals surface area contributed by atoms with Crippen molar-refractivity contribution in [3.05, 3.63) is 29.3 Å². The van der Waals surface area contributed by atoms with Gasteiger partial charge in [-0.1, -0.05) is 6.42 Å². The summed E-state index contributed by atoms with van der Waals surface area (Å²) in [6.07, 6.45) is 5.98. The fourth-order valence-corrected chi connectivity index (χ4v) is 4.29. The molecule has 2 nitrogen and oxygen atoms in total. The summed E-state index contributed by atoms with van der Waals surface area (Å²) in [5.74, 6) is 1.46. The van der Waals surface area contributed by atoms with Gasteiger partial charge in [0.2, 0.25) is 0 Å². The quantitative estimate of drug-likeness (QED) is 0.818. The van der Waals surface area contributed by atoms with Crippen LogP contribution in [0.5, 0.6) is 0 Å². The summed E-state index contributed by atoms with van der Waals surface area (Å²) in [6.45, 7) is 0. The second-order valence-electron chi connectivity index (χ2n) is 5.10. The Balaban J connectivity index is 1.82. The van der Waals surface area contributed by atoms with Crippen LogP contribution in [0.15, 0.2) is 23.7 Å². The van der Waals surface area contributed by atoms with Gasteiger partial charge in [-0.25, -0.2) is 0 Å². The molecule has 4 rings (SSSR count). The lowest BCUT2D eigenvalue weighted by Gasteiger charge is -2.15. The van der Waals surface area contributed by atoms with E-state index in [9.17, 15) is 0 Å². The highest BCUT2D eigenvalue weighted by Gasteiger charge is 2.64. The number of pyridine rings is 1. The van der Waals surface area contributed by atoms with E-state index in [0.29, 0.717) is 0 Å². The van der Waals surface area contributed by atoms with Crippen LogP contribution in [0.1, 0.15) is 24.8 Å². The molecule has 0 amide bonds. The van der Waals surface area contributed by atoms with Gasteiger partial charge >= 0.3 is 0 Å². The molecular formula is C13H14N2S. The largest absolute Gasteiger partial charge is 0.321 e. The number of hydrogen-bond donors (Lipinski definition) is 1. The van der Waals surface area contributed by atoms with Crippen LogP contribution in [0, 0.1) is 11.8 Å². The molecule has 2 atom stereocenters. The molecule has 2 unspecified atom stereocenters. The van der Waals surface area contributed by atoms with E-state index in [1.165, 1.54) is 29.5 Å². The lowest BCUT2D eigenvalue weighted by atomic mass is 9.98. The van der Waals surface area contributed by atoms with Crippen LogP contribution >= 0.6 is 11.3 Å². The molecule has 2 saturated carbocycles. The molecule has 82 valence electrons. The number of nitrogens with two attached hydrogens (primary N) is 1. The molecule has 2 heterocycles. The maximum Gasteiger partial charge on any atom is 0.0809 e. The minimum absolute atomic E-state index is 0.0383. The van der Waals surface area contributed by atoms with Crippen molar-refractivity contribution in [2.24, 2.45) is 17.6 Å². The molecule has 0 aromatic carbocycles. The van der Waals surface area contributed by atoms with E-state index in [1.807, 2.05) is 6.20 Å². The predicted octanol–water partition coefficient (Wildman–Crippen LogP) is 2.88. The van der Waals surface area contributed by atoms with Crippen LogP contribution in [-0.2, 0) is 5.54 Å². The zero-order chi connectivity index (χ0) is 10.8. The molecule has 16 heavy (non-hydrogen) atoms. The van der Waals surface area contributed by atoms with Crippen LogP contribution < -0.4 is 5.73 Å². The molecule has 2 fully saturated rings. The Morgan fingerprint density at radius 3 is 3.00 bits per heavy atom. The Kier molecular flexibility index (Phi) is 1.62. The summed E-state index contributed by atoms with van der Waals surface area (Å²) in [4.78, 5) is 4.51. The topological polar surface area (TPSA) is 38.9 Å². The molecule has 0 spiro atoms. The number of fused-ring (bicyclic) bond motifs is 2. The Hall–Kier alpha value is -0.930. The molecule has 0 aliphatic heterocycles. The van der Waals surface area contributed by atoms with Gasteiger partial charge in [-0.2, -0.15) is 0 Å². The Labute approximate surface area is 98.5 Å². The van der Waals surface area contributed by atoms with Crippen LogP contribution in [0.4, 0.5) is 0 Å². The summed E-state index contributed by atoms with van der Waals surface area (Å²) in [5.41, 5.74) is 8.86. The van der Waals surface area contributed by atoms with E-state index in [-0.39, 0.29) is 5.54 Å². The molecule has 3 heteroatoms. The van der Waals surface area contributed by atoms with Crippen LogP contribution in [0.2, 0.25) is 0 Å². The highest BCUT2D eigenvalue weighted by molar-refractivity contribution is 7.17. The number of hydrogen-bond acceptors (Lipinski definition) is 3. The number of nitrogens with zero attached hydrogens (tertiary/aromatic N) is 1. The van der Waals surface area contributed by atoms with Gasteiger partial charge in [0.25, 0.3) is 0 Å². The van der Waals surface area contributed by atoms with Gasteiger partial charge in [-0.15, -0.1) is 11.3 Å². The molecule has 2 aromatic rings. The van der Waals surface area contributed by atoms with Crippen LogP contribution in [0.25, 0.3) is 10.2 Å². The minimum atomic E-state index is -0.0383. The third-order valence-corrected chi connectivity index (χ3v) is 5.29. The SMILES string of the molecule is NC1(c2cnc3ccsc3c2)C2CCCC21. The van der Waals surface area contributed by atoms with Gasteiger partial charge in [-0.3, -0.25) is 4.98 Å². The summed E-state index contributed by atoms with van der Waals surface area (Å²) in [5, 5.41) is 2.10. The normalized spacial score (nSPS) is 36.6. The first-order valence-electron chi connectivity index (χ1n) is 5.93. The van der Waals surface area contributed by atoms with Gasteiger partial charge in [0.1, 0.15) is 0 Å². The van der Waals surface area contributed by atoms with E-state index in [1.54, 1.807) is 11.3 Å². The molecule has 0 radical (unpaired) electrons. The third-order valence-electron chi connectivity index (χ3n) is 4.44. The van der Waals surface area contributed by atoms with E-state index < -0.39 is 0 Å². The third kappa shape index (κ3) is 0.980. The van der Waals surface area contributed by atoms with Crippen LogP contribution in [-0.4, -0.2) is 4.98 Å². The smallest absolute Gasteiger partial charge is 0.0809 e. The van der Waals surface area contributed by atoms with E-state index in [4.69, 9.17) is 5.73 Å². The zero-order valence-electron chi connectivity index (χ0n) is 9.02. The second-order valence-corrected chi connectivity index (χ2v) is 6.05. The van der Waals surface area contributed by atoms with Crippen molar-refractivity contribution in [1.29, 1.82) is 0 Å². The van der Waals surface area contributed by atoms with E-state index >= 15 is 0 Å². The molecule has 2 N–H and O–H groups in total. The van der Waals surface area contributed by atoms with Crippen molar-refractivity contribution in [2.45, 2.75) is 24.8 Å². The van der Waals surface area contributed by atoms with Gasteiger partial charge in [0, 0.05) is 11.7 Å². The first-order chi connectivity index (χ1) is 7.80. The average Bonchev–Trinajstić information content (AvgIpc) is 2.80. The maximum absolute atomic E-state index is 6.54. The van der Waals surface area contributed by atoms with Gasteiger partial charge in [-0.05, 0) is 47.8 Å². The first kappa shape index (κ1) is 9.14. The minimum Gasteiger partial charge on any atom is -0.321 e. The average molecular weight is 230 g/mol. The molecule has 0 bridgehead atoms. The fraction of sp³-hybridized carbons (Fsp3) is 0.462. The standard InChI is InChI=1S/C13H14N2S/c14-13(9-2-1-3-10(9)13)8-6-12-11(15-7-8)4-5-16-12/h4-7,9-10H,1-3,14H2. The Morgan fingerprint density at radius 2 is 2.19 bits per heavy atom. The summed E-state index contributed by atoms with van der Waals surface area (Å²) in [6, 6.07) is 4.33. The molecule has 0 saturated heterocycles. The van der Waals surface area contributed by atoms with Crippen molar-refractivity contribution in [2.75, 3.05) is 0 Å². The number of rotatable bonds is 1.